The van der Waals surface area contributed by atoms with Crippen LogP contribution in [0.4, 0.5) is 5.69 Å². The Bertz CT molecular complexity index is 513. The summed E-state index contributed by atoms with van der Waals surface area (Å²) < 4.78 is 5.30. The zero-order valence-corrected chi connectivity index (χ0v) is 12.8. The third-order valence-corrected chi connectivity index (χ3v) is 4.09. The van der Waals surface area contributed by atoms with Crippen molar-refractivity contribution in [3.05, 3.63) is 24.3 Å². The number of ether oxygens (including phenoxy) is 1. The zero-order valence-electron chi connectivity index (χ0n) is 12.8. The summed E-state index contributed by atoms with van der Waals surface area (Å²) in [6, 6.07) is 9.34. The van der Waals surface area contributed by atoms with Gasteiger partial charge in [-0.2, -0.15) is 0 Å². The lowest BCUT2D eigenvalue weighted by Crippen LogP contribution is -2.45. The van der Waals surface area contributed by atoms with Gasteiger partial charge in [0.2, 0.25) is 0 Å². The van der Waals surface area contributed by atoms with Crippen molar-refractivity contribution >= 4 is 11.6 Å². The highest BCUT2D eigenvalue weighted by Crippen LogP contribution is 2.24. The molecule has 1 aliphatic heterocycles. The molecule has 0 aromatic heterocycles. The molecule has 114 valence electrons. The molecule has 2 fully saturated rings. The first-order chi connectivity index (χ1) is 10.3. The lowest BCUT2D eigenvalue weighted by molar-refractivity contribution is 0.415. The number of guanidine groups is 1. The molecule has 1 saturated carbocycles. The fraction of sp³-hybridized carbons (Fsp3) is 0.562. The van der Waals surface area contributed by atoms with Gasteiger partial charge in [0.05, 0.1) is 7.11 Å². The van der Waals surface area contributed by atoms with Gasteiger partial charge in [-0.25, -0.2) is 0 Å². The van der Waals surface area contributed by atoms with E-state index in [9.17, 15) is 0 Å². The van der Waals surface area contributed by atoms with E-state index >= 15 is 0 Å². The maximum absolute atomic E-state index is 5.30. The van der Waals surface area contributed by atoms with Crippen LogP contribution in [-0.4, -0.2) is 45.3 Å². The summed E-state index contributed by atoms with van der Waals surface area (Å²) in [7, 11) is 3.55. The van der Waals surface area contributed by atoms with Crippen LogP contribution in [0.15, 0.2) is 29.3 Å². The van der Waals surface area contributed by atoms with Crippen molar-refractivity contribution in [3.8, 4) is 5.75 Å². The largest absolute Gasteiger partial charge is 0.497 e. The minimum Gasteiger partial charge on any atom is -0.497 e. The Hall–Kier alpha value is -1.91. The monoisotopic (exact) mass is 288 g/mol. The second-order valence-corrected chi connectivity index (χ2v) is 5.77. The number of hydrogen-bond donors (Lipinski definition) is 2. The Balaban J connectivity index is 1.56. The first kappa shape index (κ1) is 14.0. The average Bonchev–Trinajstić information content (AvgIpc) is 3.22. The van der Waals surface area contributed by atoms with Crippen LogP contribution in [0.3, 0.4) is 0 Å². The molecule has 1 heterocycles. The second kappa shape index (κ2) is 6.24. The van der Waals surface area contributed by atoms with E-state index in [-0.39, 0.29) is 0 Å². The summed E-state index contributed by atoms with van der Waals surface area (Å²) in [4.78, 5) is 6.71. The van der Waals surface area contributed by atoms with Crippen LogP contribution < -0.4 is 20.3 Å². The molecule has 0 radical (unpaired) electrons. The van der Waals surface area contributed by atoms with E-state index in [1.165, 1.54) is 18.5 Å². The van der Waals surface area contributed by atoms with Crippen LogP contribution in [0, 0.1) is 0 Å². The lowest BCUT2D eigenvalue weighted by Gasteiger charge is -2.20. The Morgan fingerprint density at radius 2 is 2.05 bits per heavy atom. The van der Waals surface area contributed by atoms with Crippen molar-refractivity contribution in [3.63, 3.8) is 0 Å². The molecule has 0 amide bonds. The van der Waals surface area contributed by atoms with Gasteiger partial charge in [-0.15, -0.1) is 0 Å². The highest BCUT2D eigenvalue weighted by atomic mass is 16.5. The fourth-order valence-corrected chi connectivity index (χ4v) is 2.70. The highest BCUT2D eigenvalue weighted by Gasteiger charge is 2.26. The molecule has 1 atom stereocenters. The van der Waals surface area contributed by atoms with Gasteiger partial charge in [0.1, 0.15) is 5.75 Å². The van der Waals surface area contributed by atoms with Crippen molar-refractivity contribution < 1.29 is 4.74 Å². The number of aliphatic imine (C=N–C) groups is 1. The van der Waals surface area contributed by atoms with E-state index in [2.05, 4.69) is 32.7 Å². The van der Waals surface area contributed by atoms with Gasteiger partial charge < -0.3 is 20.3 Å². The predicted molar refractivity (Wildman–Crippen MR) is 86.3 cm³/mol. The van der Waals surface area contributed by atoms with Crippen LogP contribution in [0.5, 0.6) is 5.75 Å². The van der Waals surface area contributed by atoms with Crippen LogP contribution >= 0.6 is 0 Å². The maximum Gasteiger partial charge on any atom is 0.191 e. The lowest BCUT2D eigenvalue weighted by atomic mass is 10.2. The Morgan fingerprint density at radius 3 is 2.76 bits per heavy atom. The van der Waals surface area contributed by atoms with Gasteiger partial charge in [0, 0.05) is 44.0 Å². The Kier molecular flexibility index (Phi) is 4.18. The molecule has 2 aliphatic rings. The van der Waals surface area contributed by atoms with Crippen molar-refractivity contribution in [1.82, 2.24) is 10.6 Å². The first-order valence-electron chi connectivity index (χ1n) is 7.67. The van der Waals surface area contributed by atoms with E-state index < -0.39 is 0 Å². The minimum atomic E-state index is 0.446. The van der Waals surface area contributed by atoms with Crippen molar-refractivity contribution in [1.29, 1.82) is 0 Å². The molecule has 5 nitrogen and oxygen atoms in total. The van der Waals surface area contributed by atoms with Crippen LogP contribution in [0.1, 0.15) is 19.3 Å². The molecule has 1 aromatic carbocycles. The van der Waals surface area contributed by atoms with Gasteiger partial charge in [-0.1, -0.05) is 6.07 Å². The predicted octanol–water partition coefficient (Wildman–Crippen LogP) is 1.60. The third-order valence-electron chi connectivity index (χ3n) is 4.09. The molecule has 5 heteroatoms. The minimum absolute atomic E-state index is 0.446. The van der Waals surface area contributed by atoms with Gasteiger partial charge in [0.25, 0.3) is 0 Å². The molecule has 2 N–H and O–H groups in total. The topological polar surface area (TPSA) is 48.9 Å². The molecule has 0 spiro atoms. The average molecular weight is 288 g/mol. The van der Waals surface area contributed by atoms with E-state index in [1.807, 2.05) is 19.2 Å². The van der Waals surface area contributed by atoms with E-state index in [1.54, 1.807) is 7.11 Å². The number of methoxy groups -OCH3 is 1. The Morgan fingerprint density at radius 1 is 1.24 bits per heavy atom. The highest BCUT2D eigenvalue weighted by molar-refractivity contribution is 5.80. The maximum atomic E-state index is 5.30. The molecule has 3 rings (SSSR count). The molecule has 1 saturated heterocycles. The summed E-state index contributed by atoms with van der Waals surface area (Å²) in [6.45, 7) is 2.06. The molecular weight excluding hydrogens is 264 g/mol. The normalized spacial score (nSPS) is 22.3. The number of anilines is 1. The van der Waals surface area contributed by atoms with E-state index in [4.69, 9.17) is 4.74 Å². The van der Waals surface area contributed by atoms with Crippen LogP contribution in [-0.2, 0) is 0 Å². The fourth-order valence-electron chi connectivity index (χ4n) is 2.70. The van der Waals surface area contributed by atoms with E-state index in [0.717, 1.165) is 31.2 Å². The van der Waals surface area contributed by atoms with Crippen LogP contribution in [0.25, 0.3) is 0 Å². The molecule has 1 aliphatic carbocycles. The third kappa shape index (κ3) is 3.60. The summed E-state index contributed by atoms with van der Waals surface area (Å²) >= 11 is 0. The molecule has 1 unspecified atom stereocenters. The van der Waals surface area contributed by atoms with Crippen molar-refractivity contribution in [2.75, 3.05) is 32.1 Å². The first-order valence-corrected chi connectivity index (χ1v) is 7.67. The van der Waals surface area contributed by atoms with Crippen molar-refractivity contribution in [2.45, 2.75) is 31.3 Å². The van der Waals surface area contributed by atoms with Gasteiger partial charge >= 0.3 is 0 Å². The number of benzene rings is 1. The number of nitrogens with one attached hydrogen (secondary N) is 2. The summed E-state index contributed by atoms with van der Waals surface area (Å²) in [5.74, 6) is 1.85. The SMILES string of the molecule is CN=C(NC1CC1)NC1CCN(c2cccc(OC)c2)C1. The van der Waals surface area contributed by atoms with Gasteiger partial charge in [-0.3, -0.25) is 4.99 Å². The quantitative estimate of drug-likeness (QED) is 0.653. The summed E-state index contributed by atoms with van der Waals surface area (Å²) in [5, 5.41) is 6.97. The zero-order chi connectivity index (χ0) is 14.7. The molecule has 21 heavy (non-hydrogen) atoms. The molecular formula is C16H24N4O. The standard InChI is InChI=1S/C16H24N4O/c1-17-16(18-12-6-7-12)19-13-8-9-20(11-13)14-4-3-5-15(10-14)21-2/h3-5,10,12-13H,6-9,11H2,1-2H3,(H2,17,18,19). The van der Waals surface area contributed by atoms with E-state index in [0.29, 0.717) is 12.1 Å². The van der Waals surface area contributed by atoms with Gasteiger partial charge in [-0.05, 0) is 31.4 Å². The number of nitrogens with zero attached hydrogens (tertiary/aromatic N) is 2. The number of hydrogen-bond acceptors (Lipinski definition) is 3. The number of rotatable bonds is 4. The summed E-state index contributed by atoms with van der Waals surface area (Å²) in [6.07, 6.45) is 3.66. The molecule has 1 aromatic rings. The second-order valence-electron chi connectivity index (χ2n) is 5.77. The molecule has 0 bridgehead atoms. The van der Waals surface area contributed by atoms with Gasteiger partial charge in [0.15, 0.2) is 5.96 Å². The Labute approximate surface area is 126 Å². The summed E-state index contributed by atoms with van der Waals surface area (Å²) in [5.41, 5.74) is 1.23. The van der Waals surface area contributed by atoms with Crippen LogP contribution in [0.2, 0.25) is 0 Å². The van der Waals surface area contributed by atoms with Crippen molar-refractivity contribution in [2.24, 2.45) is 4.99 Å². The smallest absolute Gasteiger partial charge is 0.191 e.